The number of methoxy groups -OCH3 is 1. The third-order valence-electron chi connectivity index (χ3n) is 2.15. The first kappa shape index (κ1) is 7.98. The molecule has 0 saturated heterocycles. The highest BCUT2D eigenvalue weighted by atomic mass is 16.5. The van der Waals surface area contributed by atoms with E-state index in [9.17, 15) is 5.11 Å². The minimum Gasteiger partial charge on any atom is -0.389 e. The fourth-order valence-electron chi connectivity index (χ4n) is 1.43. The molecule has 0 amide bonds. The first-order chi connectivity index (χ1) is 4.75. The van der Waals surface area contributed by atoms with Gasteiger partial charge in [0.25, 0.3) is 0 Å². The average Bonchev–Trinajstić information content (AvgIpc) is 1.95. The molecule has 0 spiro atoms. The Labute approximate surface area is 61.2 Å². The van der Waals surface area contributed by atoms with Crippen LogP contribution in [0.3, 0.4) is 0 Å². The Kier molecular flexibility index (Phi) is 2.65. The summed E-state index contributed by atoms with van der Waals surface area (Å²) in [4.78, 5) is 0. The lowest BCUT2D eigenvalue weighted by molar-refractivity contribution is -0.0457. The van der Waals surface area contributed by atoms with Crippen LogP contribution in [0.4, 0.5) is 0 Å². The molecule has 60 valence electrons. The van der Waals surface area contributed by atoms with Gasteiger partial charge in [0, 0.05) is 13.2 Å². The molecule has 0 bridgehead atoms. The summed E-state index contributed by atoms with van der Waals surface area (Å²) >= 11 is 0. The number of aliphatic hydroxyl groups is 1. The minimum atomic E-state index is -0.459. The molecule has 0 unspecified atom stereocenters. The average molecular weight is 145 g/mol. The quantitative estimate of drug-likeness (QED) is 0.540. The van der Waals surface area contributed by atoms with Gasteiger partial charge in [0.15, 0.2) is 0 Å². The van der Waals surface area contributed by atoms with Crippen LogP contribution in [0.1, 0.15) is 19.3 Å². The highest BCUT2D eigenvalue weighted by Gasteiger charge is 2.28. The number of ether oxygens (including phenoxy) is 1. The SMILES string of the molecule is CO[C@@H]1CCC[C@@H](N)[C@H]1O. The van der Waals surface area contributed by atoms with Crippen molar-refractivity contribution in [2.75, 3.05) is 7.11 Å². The summed E-state index contributed by atoms with van der Waals surface area (Å²) < 4.78 is 5.04. The highest BCUT2D eigenvalue weighted by molar-refractivity contribution is 4.84. The molecule has 3 heteroatoms. The number of hydrogen-bond donors (Lipinski definition) is 2. The molecule has 0 aliphatic heterocycles. The molecule has 0 aromatic carbocycles. The standard InChI is InChI=1S/C7H15NO2/c1-10-6-4-2-3-5(8)7(6)9/h5-7,9H,2-4,8H2,1H3/t5-,6-,7-/m1/s1. The van der Waals surface area contributed by atoms with Gasteiger partial charge in [-0.3, -0.25) is 0 Å². The van der Waals surface area contributed by atoms with Gasteiger partial charge in [0.2, 0.25) is 0 Å². The van der Waals surface area contributed by atoms with Gasteiger partial charge >= 0.3 is 0 Å². The molecule has 10 heavy (non-hydrogen) atoms. The zero-order chi connectivity index (χ0) is 7.56. The Balaban J connectivity index is 2.42. The fraction of sp³-hybridized carbons (Fsp3) is 1.00. The maximum absolute atomic E-state index is 9.39. The highest BCUT2D eigenvalue weighted by Crippen LogP contribution is 2.19. The maximum Gasteiger partial charge on any atom is 0.0952 e. The van der Waals surface area contributed by atoms with Gasteiger partial charge in [-0.1, -0.05) is 0 Å². The van der Waals surface area contributed by atoms with Crippen molar-refractivity contribution in [2.24, 2.45) is 5.73 Å². The molecule has 1 rings (SSSR count). The Morgan fingerprint density at radius 1 is 1.50 bits per heavy atom. The van der Waals surface area contributed by atoms with Crippen LogP contribution >= 0.6 is 0 Å². The van der Waals surface area contributed by atoms with E-state index >= 15 is 0 Å². The Morgan fingerprint density at radius 2 is 2.20 bits per heavy atom. The second-order valence-electron chi connectivity index (χ2n) is 2.86. The molecule has 0 aromatic heterocycles. The van der Waals surface area contributed by atoms with Crippen molar-refractivity contribution in [1.29, 1.82) is 0 Å². The smallest absolute Gasteiger partial charge is 0.0952 e. The van der Waals surface area contributed by atoms with Gasteiger partial charge in [0.1, 0.15) is 0 Å². The molecule has 1 aliphatic carbocycles. The molecule has 1 aliphatic rings. The molecule has 1 saturated carbocycles. The van der Waals surface area contributed by atoms with E-state index in [1.807, 2.05) is 0 Å². The third-order valence-corrected chi connectivity index (χ3v) is 2.15. The predicted molar refractivity (Wildman–Crippen MR) is 38.6 cm³/mol. The molecular formula is C7H15NO2. The minimum absolute atomic E-state index is 0.0382. The van der Waals surface area contributed by atoms with E-state index in [2.05, 4.69) is 0 Å². The summed E-state index contributed by atoms with van der Waals surface area (Å²) in [5.41, 5.74) is 5.61. The van der Waals surface area contributed by atoms with Crippen molar-refractivity contribution in [3.05, 3.63) is 0 Å². The van der Waals surface area contributed by atoms with E-state index in [0.29, 0.717) is 0 Å². The molecule has 3 N–H and O–H groups in total. The van der Waals surface area contributed by atoms with Gasteiger partial charge < -0.3 is 15.6 Å². The van der Waals surface area contributed by atoms with Crippen LogP contribution in [0.5, 0.6) is 0 Å². The summed E-state index contributed by atoms with van der Waals surface area (Å²) in [6, 6.07) is -0.0845. The van der Waals surface area contributed by atoms with Crippen molar-refractivity contribution in [1.82, 2.24) is 0 Å². The topological polar surface area (TPSA) is 55.5 Å². The monoisotopic (exact) mass is 145 g/mol. The third kappa shape index (κ3) is 1.48. The number of nitrogens with two attached hydrogens (primary N) is 1. The van der Waals surface area contributed by atoms with Crippen molar-refractivity contribution >= 4 is 0 Å². The number of aliphatic hydroxyl groups excluding tert-OH is 1. The first-order valence-corrected chi connectivity index (χ1v) is 3.72. The normalized spacial score (nSPS) is 41.7. The van der Waals surface area contributed by atoms with E-state index in [0.717, 1.165) is 19.3 Å². The zero-order valence-electron chi connectivity index (χ0n) is 6.29. The van der Waals surface area contributed by atoms with Crippen LogP contribution in [0.25, 0.3) is 0 Å². The lowest BCUT2D eigenvalue weighted by Crippen LogP contribution is -2.46. The summed E-state index contributed by atoms with van der Waals surface area (Å²) in [6.45, 7) is 0. The summed E-state index contributed by atoms with van der Waals surface area (Å²) in [6.07, 6.45) is 2.42. The lowest BCUT2D eigenvalue weighted by Gasteiger charge is -2.31. The fourth-order valence-corrected chi connectivity index (χ4v) is 1.43. The van der Waals surface area contributed by atoms with E-state index in [1.54, 1.807) is 7.11 Å². The molecule has 3 nitrogen and oxygen atoms in total. The Morgan fingerprint density at radius 3 is 2.70 bits per heavy atom. The lowest BCUT2D eigenvalue weighted by atomic mass is 9.91. The van der Waals surface area contributed by atoms with E-state index in [-0.39, 0.29) is 12.1 Å². The van der Waals surface area contributed by atoms with Crippen molar-refractivity contribution < 1.29 is 9.84 Å². The molecule has 0 radical (unpaired) electrons. The summed E-state index contributed by atoms with van der Waals surface area (Å²) in [5.74, 6) is 0. The predicted octanol–water partition coefficient (Wildman–Crippen LogP) is -0.126. The van der Waals surface area contributed by atoms with E-state index < -0.39 is 6.10 Å². The van der Waals surface area contributed by atoms with Gasteiger partial charge in [-0.15, -0.1) is 0 Å². The van der Waals surface area contributed by atoms with Gasteiger partial charge in [0.05, 0.1) is 12.2 Å². The molecule has 0 heterocycles. The second kappa shape index (κ2) is 3.32. The van der Waals surface area contributed by atoms with Crippen molar-refractivity contribution in [2.45, 2.75) is 37.5 Å². The Hall–Kier alpha value is -0.120. The molecule has 1 fully saturated rings. The number of rotatable bonds is 1. The van der Waals surface area contributed by atoms with Crippen LogP contribution in [0.15, 0.2) is 0 Å². The van der Waals surface area contributed by atoms with E-state index in [4.69, 9.17) is 10.5 Å². The van der Waals surface area contributed by atoms with Gasteiger partial charge in [-0.2, -0.15) is 0 Å². The van der Waals surface area contributed by atoms with E-state index in [1.165, 1.54) is 0 Å². The molecule has 3 atom stereocenters. The van der Waals surface area contributed by atoms with Crippen LogP contribution in [0.2, 0.25) is 0 Å². The number of hydrogen-bond acceptors (Lipinski definition) is 3. The summed E-state index contributed by atoms with van der Waals surface area (Å²) in [7, 11) is 1.62. The van der Waals surface area contributed by atoms with Gasteiger partial charge in [-0.05, 0) is 19.3 Å². The summed E-state index contributed by atoms with van der Waals surface area (Å²) in [5, 5.41) is 9.39. The van der Waals surface area contributed by atoms with Crippen molar-refractivity contribution in [3.63, 3.8) is 0 Å². The molecular weight excluding hydrogens is 130 g/mol. The Bertz CT molecular complexity index is 108. The second-order valence-corrected chi connectivity index (χ2v) is 2.86. The van der Waals surface area contributed by atoms with Crippen LogP contribution in [-0.2, 0) is 4.74 Å². The first-order valence-electron chi connectivity index (χ1n) is 3.72. The van der Waals surface area contributed by atoms with Crippen molar-refractivity contribution in [3.8, 4) is 0 Å². The van der Waals surface area contributed by atoms with Crippen LogP contribution in [-0.4, -0.2) is 30.5 Å². The largest absolute Gasteiger partial charge is 0.389 e. The molecule has 0 aromatic rings. The van der Waals surface area contributed by atoms with Crippen LogP contribution < -0.4 is 5.73 Å². The zero-order valence-corrected chi connectivity index (χ0v) is 6.29. The maximum atomic E-state index is 9.39. The van der Waals surface area contributed by atoms with Gasteiger partial charge in [-0.25, -0.2) is 0 Å². The van der Waals surface area contributed by atoms with Crippen LogP contribution in [0, 0.1) is 0 Å².